The number of carbonyl (C=O) groups is 1. The molecule has 0 aromatic carbocycles. The number of carboxylic acid groups (broad SMARTS) is 1. The number of hydrogen-bond acceptors (Lipinski definition) is 4. The molecule has 1 aromatic heterocycles. The Morgan fingerprint density at radius 2 is 2.06 bits per heavy atom. The van der Waals surface area contributed by atoms with E-state index in [0.29, 0.717) is 10.6 Å². The summed E-state index contributed by atoms with van der Waals surface area (Å²) in [4.78, 5) is 14.7. The molecule has 0 aliphatic rings. The van der Waals surface area contributed by atoms with Gasteiger partial charge in [0.1, 0.15) is 11.1 Å². The molecule has 0 aliphatic carbocycles. The van der Waals surface area contributed by atoms with Crippen LogP contribution in [-0.4, -0.2) is 21.8 Å². The lowest BCUT2D eigenvalue weighted by atomic mass is 10.1. The zero-order valence-corrected chi connectivity index (χ0v) is 10.2. The van der Waals surface area contributed by atoms with Gasteiger partial charge < -0.3 is 5.11 Å². The normalized spacial score (nSPS) is 9.88. The average molecular weight is 236 g/mol. The molecule has 84 valence electrons. The minimum absolute atomic E-state index is 0.0797. The molecule has 1 rings (SSSR count). The summed E-state index contributed by atoms with van der Waals surface area (Å²) in [5.41, 5.74) is 3.18. The van der Waals surface area contributed by atoms with E-state index in [1.54, 1.807) is 0 Å². The number of rotatable bonds is 3. The van der Waals surface area contributed by atoms with E-state index in [0.717, 1.165) is 28.6 Å². The molecule has 1 aromatic rings. The molecule has 0 aliphatic heterocycles. The lowest BCUT2D eigenvalue weighted by molar-refractivity contribution is -0.133. The van der Waals surface area contributed by atoms with Crippen molar-refractivity contribution in [3.05, 3.63) is 22.4 Å². The Bertz CT molecular complexity index is 478. The molecule has 0 saturated heterocycles. The van der Waals surface area contributed by atoms with Crippen LogP contribution in [0.2, 0.25) is 0 Å². The first-order valence-corrected chi connectivity index (χ1v) is 5.68. The summed E-state index contributed by atoms with van der Waals surface area (Å²) in [6.45, 7) is 5.62. The first kappa shape index (κ1) is 12.5. The van der Waals surface area contributed by atoms with Crippen molar-refractivity contribution in [3.8, 4) is 6.07 Å². The highest BCUT2D eigenvalue weighted by molar-refractivity contribution is 7.99. The molecule has 0 spiro atoms. The van der Waals surface area contributed by atoms with E-state index in [-0.39, 0.29) is 5.75 Å². The van der Waals surface area contributed by atoms with Gasteiger partial charge in [0, 0.05) is 5.69 Å². The molecule has 0 bridgehead atoms. The second-order valence-corrected chi connectivity index (χ2v) is 4.39. The molecule has 1 N–H and O–H groups in total. The van der Waals surface area contributed by atoms with Crippen LogP contribution < -0.4 is 0 Å². The summed E-state index contributed by atoms with van der Waals surface area (Å²) in [6.07, 6.45) is 0. The quantitative estimate of drug-likeness (QED) is 0.813. The molecule has 0 radical (unpaired) electrons. The van der Waals surface area contributed by atoms with Crippen molar-refractivity contribution >= 4 is 17.7 Å². The Morgan fingerprint density at radius 3 is 2.56 bits per heavy atom. The van der Waals surface area contributed by atoms with Gasteiger partial charge >= 0.3 is 5.97 Å². The fraction of sp³-hybridized carbons (Fsp3) is 0.364. The van der Waals surface area contributed by atoms with Crippen molar-refractivity contribution < 1.29 is 9.90 Å². The smallest absolute Gasteiger partial charge is 0.313 e. The number of carboxylic acids is 1. The molecule has 0 fully saturated rings. The van der Waals surface area contributed by atoms with E-state index in [1.165, 1.54) is 0 Å². The fourth-order valence-electron chi connectivity index (χ4n) is 1.28. The summed E-state index contributed by atoms with van der Waals surface area (Å²) in [5.74, 6) is -0.990. The van der Waals surface area contributed by atoms with Gasteiger partial charge in [0.2, 0.25) is 0 Å². The third-order valence-electron chi connectivity index (χ3n) is 2.41. The monoisotopic (exact) mass is 236 g/mol. The first-order valence-electron chi connectivity index (χ1n) is 4.69. The van der Waals surface area contributed by atoms with Crippen molar-refractivity contribution in [1.82, 2.24) is 4.98 Å². The van der Waals surface area contributed by atoms with Crippen molar-refractivity contribution in [3.63, 3.8) is 0 Å². The van der Waals surface area contributed by atoms with Crippen LogP contribution in [0.4, 0.5) is 0 Å². The van der Waals surface area contributed by atoms with E-state index in [4.69, 9.17) is 10.4 Å². The van der Waals surface area contributed by atoms with Gasteiger partial charge in [-0.1, -0.05) is 11.8 Å². The van der Waals surface area contributed by atoms with Crippen LogP contribution in [0.15, 0.2) is 5.03 Å². The molecule has 5 heteroatoms. The molecule has 16 heavy (non-hydrogen) atoms. The number of thioether (sulfide) groups is 1. The maximum atomic E-state index is 10.5. The highest BCUT2D eigenvalue weighted by Crippen LogP contribution is 2.26. The topological polar surface area (TPSA) is 74.0 Å². The number of aliphatic carboxylic acids is 1. The van der Waals surface area contributed by atoms with Crippen LogP contribution in [0.25, 0.3) is 0 Å². The van der Waals surface area contributed by atoms with Crippen LogP contribution in [0.5, 0.6) is 0 Å². The van der Waals surface area contributed by atoms with Gasteiger partial charge in [-0.2, -0.15) is 5.26 Å². The lowest BCUT2D eigenvalue weighted by Gasteiger charge is -2.09. The van der Waals surface area contributed by atoms with Gasteiger partial charge in [-0.3, -0.25) is 4.79 Å². The summed E-state index contributed by atoms with van der Waals surface area (Å²) >= 11 is 1.08. The van der Waals surface area contributed by atoms with E-state index < -0.39 is 5.97 Å². The predicted molar refractivity (Wildman–Crippen MR) is 61.5 cm³/mol. The first-order chi connectivity index (χ1) is 7.47. The SMILES string of the molecule is Cc1nc(SCC(=O)O)c(C#N)c(C)c1C. The molecule has 1 heterocycles. The third-order valence-corrected chi connectivity index (χ3v) is 3.37. The summed E-state index contributed by atoms with van der Waals surface area (Å²) in [5, 5.41) is 18.1. The van der Waals surface area contributed by atoms with Crippen molar-refractivity contribution in [2.24, 2.45) is 0 Å². The second kappa shape index (κ2) is 4.99. The number of aryl methyl sites for hydroxylation is 1. The standard InChI is InChI=1S/C11H12N2O2S/c1-6-7(2)9(4-12)11(13-8(6)3)16-5-10(14)15/h5H2,1-3H3,(H,14,15). The van der Waals surface area contributed by atoms with Gasteiger partial charge in [-0.15, -0.1) is 0 Å². The molecular formula is C11H12N2O2S. The second-order valence-electron chi connectivity index (χ2n) is 3.42. The minimum Gasteiger partial charge on any atom is -0.481 e. The maximum absolute atomic E-state index is 10.5. The largest absolute Gasteiger partial charge is 0.481 e. The van der Waals surface area contributed by atoms with Crippen LogP contribution in [-0.2, 0) is 4.79 Å². The lowest BCUT2D eigenvalue weighted by Crippen LogP contribution is -2.03. The summed E-state index contributed by atoms with van der Waals surface area (Å²) in [7, 11) is 0. The van der Waals surface area contributed by atoms with Crippen molar-refractivity contribution in [2.75, 3.05) is 5.75 Å². The van der Waals surface area contributed by atoms with Gasteiger partial charge in [-0.05, 0) is 31.9 Å². The fourth-order valence-corrected chi connectivity index (χ4v) is 2.08. The highest BCUT2D eigenvalue weighted by Gasteiger charge is 2.13. The Kier molecular flexibility index (Phi) is 3.91. The van der Waals surface area contributed by atoms with Gasteiger partial charge in [0.05, 0.1) is 11.3 Å². The summed E-state index contributed by atoms with van der Waals surface area (Å²) < 4.78 is 0. The van der Waals surface area contributed by atoms with E-state index >= 15 is 0 Å². The zero-order chi connectivity index (χ0) is 12.3. The van der Waals surface area contributed by atoms with Crippen LogP contribution in [0, 0.1) is 32.1 Å². The van der Waals surface area contributed by atoms with Crippen molar-refractivity contribution in [2.45, 2.75) is 25.8 Å². The van der Waals surface area contributed by atoms with Crippen LogP contribution >= 0.6 is 11.8 Å². The molecule has 0 unspecified atom stereocenters. The van der Waals surface area contributed by atoms with E-state index in [1.807, 2.05) is 20.8 Å². The molecule has 0 amide bonds. The molecular weight excluding hydrogens is 224 g/mol. The average Bonchev–Trinajstić information content (AvgIpc) is 2.23. The minimum atomic E-state index is -0.911. The van der Waals surface area contributed by atoms with Crippen molar-refractivity contribution in [1.29, 1.82) is 5.26 Å². The van der Waals surface area contributed by atoms with Gasteiger partial charge in [-0.25, -0.2) is 4.98 Å². The van der Waals surface area contributed by atoms with Gasteiger partial charge in [0.15, 0.2) is 0 Å². The Labute approximate surface area is 98.3 Å². The summed E-state index contributed by atoms with van der Waals surface area (Å²) in [6, 6.07) is 2.08. The highest BCUT2D eigenvalue weighted by atomic mass is 32.2. The third kappa shape index (κ3) is 2.52. The van der Waals surface area contributed by atoms with E-state index in [2.05, 4.69) is 11.1 Å². The number of nitriles is 1. The van der Waals surface area contributed by atoms with E-state index in [9.17, 15) is 4.79 Å². The Hall–Kier alpha value is -1.54. The van der Waals surface area contributed by atoms with Crippen LogP contribution in [0.3, 0.4) is 0 Å². The maximum Gasteiger partial charge on any atom is 0.313 e. The Balaban J connectivity index is 3.19. The number of pyridine rings is 1. The molecule has 0 saturated carbocycles. The molecule has 4 nitrogen and oxygen atoms in total. The van der Waals surface area contributed by atoms with Crippen LogP contribution in [0.1, 0.15) is 22.4 Å². The molecule has 0 atom stereocenters. The number of aromatic nitrogens is 1. The Morgan fingerprint density at radius 1 is 1.44 bits per heavy atom. The van der Waals surface area contributed by atoms with Gasteiger partial charge in [0.25, 0.3) is 0 Å². The predicted octanol–water partition coefficient (Wildman–Crippen LogP) is 2.06. The zero-order valence-electron chi connectivity index (χ0n) is 9.37. The number of nitrogens with zero attached hydrogens (tertiary/aromatic N) is 2. The number of hydrogen-bond donors (Lipinski definition) is 1.